The summed E-state index contributed by atoms with van der Waals surface area (Å²) < 4.78 is 68.6. The molecule has 0 spiro atoms. The Morgan fingerprint density at radius 2 is 1.51 bits per heavy atom. The first kappa shape index (κ1) is 44.0. The molecule has 1 unspecified atom stereocenters. The number of pyridine rings is 1. The number of fused-ring (bicyclic) bond motifs is 2. The smallest absolute Gasteiger partial charge is 0.357 e. The lowest BCUT2D eigenvalue weighted by Gasteiger charge is -2.26. The number of carbonyl (C=O) groups excluding carboxylic acids is 2. The van der Waals surface area contributed by atoms with Crippen LogP contribution in [0.4, 0.5) is 34.6 Å². The molecule has 1 aliphatic carbocycles. The van der Waals surface area contributed by atoms with Crippen LogP contribution in [0, 0.1) is 0 Å². The Balaban J connectivity index is 1.29. The van der Waals surface area contributed by atoms with E-state index in [-0.39, 0.29) is 72.9 Å². The number of hydrogen-bond acceptors (Lipinski definition) is 19. The van der Waals surface area contributed by atoms with E-state index in [4.69, 9.17) is 9.44 Å². The zero-order valence-corrected chi connectivity index (χ0v) is 35.0. The Kier molecular flexibility index (Phi) is 11.9. The Morgan fingerprint density at radius 3 is 2.22 bits per heavy atom. The molecule has 5 aromatic carbocycles. The molecule has 0 saturated carbocycles. The molecular weight excluding hydrogens is 915 g/mol. The topological polar surface area (TPSA) is 328 Å². The predicted octanol–water partition coefficient (Wildman–Crippen LogP) is 5.99. The number of aromatic hydroxyl groups is 1. The number of aromatic carboxylic acids is 1. The first-order chi connectivity index (χ1) is 31.0. The molecule has 330 valence electrons. The van der Waals surface area contributed by atoms with Crippen LogP contribution in [0.15, 0.2) is 112 Å². The number of aryl methyl sites for hydroxylation is 1. The number of nitrogens with one attached hydrogen (secondary N) is 3. The number of carbonyl (C=O) groups is 3. The third-order valence-corrected chi connectivity index (χ3v) is 11.5. The molecule has 2 aromatic heterocycles. The Labute approximate surface area is 370 Å². The number of nitrogens with zero attached hydrogens (tertiary/aromatic N) is 4. The van der Waals surface area contributed by atoms with Crippen LogP contribution in [0.5, 0.6) is 11.8 Å². The molecule has 1 aliphatic rings. The zero-order valence-electron chi connectivity index (χ0n) is 32.6. The van der Waals surface area contributed by atoms with E-state index in [2.05, 4.69) is 40.3 Å². The molecule has 8 rings (SSSR count). The van der Waals surface area contributed by atoms with Gasteiger partial charge in [0.15, 0.2) is 17.3 Å². The number of ketones is 2. The molecule has 65 heavy (non-hydrogen) atoms. The minimum Gasteiger partial charge on any atom is -0.479 e. The van der Waals surface area contributed by atoms with Crippen LogP contribution >= 0.6 is 12.0 Å². The van der Waals surface area contributed by atoms with Crippen LogP contribution < -0.4 is 25.7 Å². The predicted molar refractivity (Wildman–Crippen MR) is 231 cm³/mol. The standard InChI is InChI=1S/C40H27N7O15S3/c1-47-27-13-12-24(31-32(27)30(22-10-2-3-11-23(22)35(31)49)33(36(47)50)34(48)18-6-5-9-21(15-18)63-62-61-54)42-25-16-26(29(65(57,58)59)17-28(25)60-64(55)56)43-39-44-38(45-40(53)46-39)41-20-8-4-7-19(14-20)37(51)52/h2-17,42,54H,1H3,(H,51,52)(H,55,56)(H,57,58,59)(H3,41,43,44,45,46,53). The molecule has 0 amide bonds. The second-order valence-corrected chi connectivity index (χ2v) is 16.4. The number of aromatic nitrogens is 4. The number of anilines is 6. The molecule has 22 nitrogen and oxygen atoms in total. The SMILES string of the molecule is Cn1c(=O)c(C(=O)c2cccc(SOOO)c2)c2c3c(c(Nc4cc(Nc5nc(O)nc(Nc6cccc(C(=O)O)c6)n5)c(S(=O)(=O)O)cc4OS(=O)O)ccc31)C(=O)c1ccccc1-2. The second-order valence-electron chi connectivity index (χ2n) is 13.6. The van der Waals surface area contributed by atoms with Gasteiger partial charge in [-0.05, 0) is 54.1 Å². The lowest BCUT2D eigenvalue weighted by Crippen LogP contribution is -2.29. The van der Waals surface area contributed by atoms with E-state index in [1.54, 1.807) is 24.3 Å². The summed E-state index contributed by atoms with van der Waals surface area (Å²) >= 11 is -2.52. The van der Waals surface area contributed by atoms with E-state index >= 15 is 0 Å². The maximum absolute atomic E-state index is 14.6. The molecule has 8 N–H and O–H groups in total. The summed E-state index contributed by atoms with van der Waals surface area (Å²) in [5.41, 5.74) is -1.22. The maximum atomic E-state index is 14.6. The van der Waals surface area contributed by atoms with Crippen molar-refractivity contribution < 1.29 is 65.1 Å². The molecule has 0 bridgehead atoms. The van der Waals surface area contributed by atoms with Gasteiger partial charge in [0.1, 0.15) is 4.90 Å². The van der Waals surface area contributed by atoms with Crippen LogP contribution in [0.1, 0.15) is 42.2 Å². The van der Waals surface area contributed by atoms with Crippen LogP contribution in [0.3, 0.4) is 0 Å². The highest BCUT2D eigenvalue weighted by molar-refractivity contribution is 7.94. The highest BCUT2D eigenvalue weighted by atomic mass is 32.2. The summed E-state index contributed by atoms with van der Waals surface area (Å²) in [6, 6.07) is 21.2. The lowest BCUT2D eigenvalue weighted by atomic mass is 9.80. The van der Waals surface area contributed by atoms with Gasteiger partial charge in [-0.1, -0.05) is 47.5 Å². The summed E-state index contributed by atoms with van der Waals surface area (Å²) in [6.07, 6.45) is 0. The van der Waals surface area contributed by atoms with Crippen molar-refractivity contribution in [3.05, 3.63) is 135 Å². The van der Waals surface area contributed by atoms with E-state index < -0.39 is 72.9 Å². The van der Waals surface area contributed by atoms with Crippen LogP contribution in [-0.2, 0) is 37.9 Å². The van der Waals surface area contributed by atoms with E-state index in [1.807, 2.05) is 0 Å². The van der Waals surface area contributed by atoms with Crippen LogP contribution in [0.2, 0.25) is 0 Å². The van der Waals surface area contributed by atoms with Gasteiger partial charge in [0, 0.05) is 45.8 Å². The Morgan fingerprint density at radius 1 is 0.800 bits per heavy atom. The van der Waals surface area contributed by atoms with Gasteiger partial charge in [-0.15, -0.1) is 4.33 Å². The van der Waals surface area contributed by atoms with Crippen molar-refractivity contribution in [1.82, 2.24) is 19.5 Å². The van der Waals surface area contributed by atoms with E-state index in [0.717, 1.165) is 6.07 Å². The molecule has 2 heterocycles. The average Bonchev–Trinajstić information content (AvgIpc) is 3.26. The van der Waals surface area contributed by atoms with Gasteiger partial charge in [-0.3, -0.25) is 23.5 Å². The van der Waals surface area contributed by atoms with Crippen molar-refractivity contribution in [3.63, 3.8) is 0 Å². The van der Waals surface area contributed by atoms with Gasteiger partial charge in [0.05, 0.1) is 51.3 Å². The number of hydrogen-bond donors (Lipinski definition) is 8. The highest BCUT2D eigenvalue weighted by Crippen LogP contribution is 2.46. The quantitative estimate of drug-likeness (QED) is 0.0146. The normalized spacial score (nSPS) is 12.3. The van der Waals surface area contributed by atoms with Gasteiger partial charge in [-0.2, -0.15) is 27.6 Å². The van der Waals surface area contributed by atoms with E-state index in [9.17, 15) is 51.1 Å². The molecule has 0 saturated heterocycles. The third-order valence-electron chi connectivity index (χ3n) is 9.74. The summed E-state index contributed by atoms with van der Waals surface area (Å²) in [5.74, 6) is -4.09. The summed E-state index contributed by atoms with van der Waals surface area (Å²) in [4.78, 5) is 65.8. The van der Waals surface area contributed by atoms with Crippen molar-refractivity contribution in [3.8, 4) is 22.9 Å². The van der Waals surface area contributed by atoms with Crippen molar-refractivity contribution in [2.45, 2.75) is 9.79 Å². The fraction of sp³-hybridized carbons (Fsp3) is 0.0250. The van der Waals surface area contributed by atoms with Gasteiger partial charge in [0.2, 0.25) is 11.9 Å². The fourth-order valence-corrected chi connectivity index (χ4v) is 8.45. The minimum atomic E-state index is -5.22. The van der Waals surface area contributed by atoms with Crippen molar-refractivity contribution in [2.75, 3.05) is 16.0 Å². The number of carboxylic acids is 1. The van der Waals surface area contributed by atoms with Crippen LogP contribution in [0.25, 0.3) is 22.0 Å². The molecule has 0 aliphatic heterocycles. The minimum absolute atomic E-state index is 0.0361. The lowest BCUT2D eigenvalue weighted by molar-refractivity contribution is -0.432. The number of carboxylic acid groups (broad SMARTS) is 1. The second kappa shape index (κ2) is 17.5. The molecule has 0 radical (unpaired) electrons. The maximum Gasteiger partial charge on any atom is 0.357 e. The Hall–Kier alpha value is -7.62. The van der Waals surface area contributed by atoms with Crippen LogP contribution in [-0.4, -0.2) is 74.3 Å². The van der Waals surface area contributed by atoms with Gasteiger partial charge in [0.25, 0.3) is 15.7 Å². The first-order valence-corrected chi connectivity index (χ1v) is 21.4. The Bertz CT molecular complexity index is 3370. The molecule has 25 heteroatoms. The average molecular weight is 942 g/mol. The van der Waals surface area contributed by atoms with E-state index in [0.29, 0.717) is 23.0 Å². The molecular formula is C40H27N7O15S3. The largest absolute Gasteiger partial charge is 0.479 e. The monoisotopic (exact) mass is 941 g/mol. The number of benzene rings is 5. The fourth-order valence-electron chi connectivity index (χ4n) is 7.09. The first-order valence-electron chi connectivity index (χ1n) is 18.2. The van der Waals surface area contributed by atoms with Gasteiger partial charge >= 0.3 is 23.3 Å². The highest BCUT2D eigenvalue weighted by Gasteiger charge is 2.35. The summed E-state index contributed by atoms with van der Waals surface area (Å²) in [6.45, 7) is 0. The van der Waals surface area contributed by atoms with Gasteiger partial charge in [-0.25, -0.2) is 10.1 Å². The van der Waals surface area contributed by atoms with Crippen molar-refractivity contribution in [2.24, 2.45) is 7.05 Å². The molecule has 7 aromatic rings. The molecule has 1 atom stereocenters. The van der Waals surface area contributed by atoms with E-state index in [1.165, 1.54) is 72.3 Å². The van der Waals surface area contributed by atoms with Crippen molar-refractivity contribution in [1.29, 1.82) is 0 Å². The van der Waals surface area contributed by atoms with Crippen molar-refractivity contribution >= 4 is 96.6 Å². The number of rotatable bonds is 15. The molecule has 0 fully saturated rings. The third kappa shape index (κ3) is 8.71. The zero-order chi connectivity index (χ0) is 46.3. The summed E-state index contributed by atoms with van der Waals surface area (Å²) in [7, 11) is -3.81. The summed E-state index contributed by atoms with van der Waals surface area (Å²) in [5, 5.41) is 40.4. The van der Waals surface area contributed by atoms with Gasteiger partial charge < -0.3 is 34.9 Å².